The van der Waals surface area contributed by atoms with Crippen molar-refractivity contribution in [2.45, 2.75) is 102 Å². The van der Waals surface area contributed by atoms with Gasteiger partial charge < -0.3 is 29.7 Å². The van der Waals surface area contributed by atoms with Gasteiger partial charge in [-0.2, -0.15) is 0 Å². The van der Waals surface area contributed by atoms with Gasteiger partial charge in [0.1, 0.15) is 22.8 Å². The molecule has 3 aromatic carbocycles. The lowest BCUT2D eigenvalue weighted by molar-refractivity contribution is -0.149. The largest absolute Gasteiger partial charge is 0.469 e. The summed E-state index contributed by atoms with van der Waals surface area (Å²) in [6.07, 6.45) is 2.03. The normalized spacial score (nSPS) is 16.1. The number of fused-ring (bicyclic) bond motifs is 3. The molecule has 1 fully saturated rings. The second-order valence-corrected chi connectivity index (χ2v) is 17.3. The number of thiazole rings is 1. The standard InChI is InChI=1S/C47H56N4O8S/c1-29(2)40(26-41(59-31(4)52)43-49-39(28-60-43)42(53)48-33(24-30(3)44(54)57-6)25-32-16-8-7-9-17-32)51(5)45(55)47(22-14-15-23-47)50-46(56)58-27-38-36-20-12-10-18-34(36)35-19-11-13-21-37(35)38/h7-13,16-21,28-30,33,38,40-41H,14-15,22-27H2,1-6H3,(H,48,53)(H,50,56)/t30-,33+,40+,41+/m0/s1. The molecule has 4 aromatic rings. The fourth-order valence-electron chi connectivity index (χ4n) is 8.80. The predicted octanol–water partition coefficient (Wildman–Crippen LogP) is 8.01. The molecule has 0 aliphatic heterocycles. The van der Waals surface area contributed by atoms with Crippen molar-refractivity contribution in [1.82, 2.24) is 20.5 Å². The molecule has 12 nitrogen and oxygen atoms in total. The van der Waals surface area contributed by atoms with Crippen LogP contribution in [-0.2, 0) is 35.0 Å². The molecule has 0 spiro atoms. The number of nitrogens with zero attached hydrogens (tertiary/aromatic N) is 2. The molecule has 0 saturated heterocycles. The van der Waals surface area contributed by atoms with E-state index in [0.717, 1.165) is 40.7 Å². The number of aromatic nitrogens is 1. The molecule has 2 aliphatic rings. The van der Waals surface area contributed by atoms with Gasteiger partial charge in [-0.1, -0.05) is 112 Å². The Morgan fingerprint density at radius 1 is 0.883 bits per heavy atom. The van der Waals surface area contributed by atoms with E-state index in [9.17, 15) is 24.0 Å². The molecular weight excluding hydrogens is 781 g/mol. The summed E-state index contributed by atoms with van der Waals surface area (Å²) < 4.78 is 16.7. The Hall–Kier alpha value is -5.56. The summed E-state index contributed by atoms with van der Waals surface area (Å²) in [4.78, 5) is 72.9. The Labute approximate surface area is 356 Å². The van der Waals surface area contributed by atoms with E-state index in [1.54, 1.807) is 24.3 Å². The quantitative estimate of drug-likeness (QED) is 0.0796. The number of carbonyl (C=O) groups is 5. The number of methoxy groups -OCH3 is 1. The first-order chi connectivity index (χ1) is 28.8. The van der Waals surface area contributed by atoms with Crippen molar-refractivity contribution in [3.63, 3.8) is 0 Å². The van der Waals surface area contributed by atoms with Crippen LogP contribution in [0.4, 0.5) is 4.79 Å². The Balaban J connectivity index is 1.14. The number of nitrogens with one attached hydrogen (secondary N) is 2. The highest BCUT2D eigenvalue weighted by atomic mass is 32.1. The Bertz CT molecular complexity index is 2100. The molecule has 2 N–H and O–H groups in total. The summed E-state index contributed by atoms with van der Waals surface area (Å²) in [7, 11) is 3.06. The van der Waals surface area contributed by atoms with Crippen LogP contribution in [0.25, 0.3) is 11.1 Å². The molecule has 1 heterocycles. The number of esters is 2. The molecular formula is C47H56N4O8S. The number of benzene rings is 3. The van der Waals surface area contributed by atoms with Crippen LogP contribution in [0.3, 0.4) is 0 Å². The topological polar surface area (TPSA) is 153 Å². The summed E-state index contributed by atoms with van der Waals surface area (Å²) in [5.41, 5.74) is 4.46. The lowest BCUT2D eigenvalue weighted by atomic mass is 9.91. The smallest absolute Gasteiger partial charge is 0.408 e. The van der Waals surface area contributed by atoms with Gasteiger partial charge in [0.2, 0.25) is 5.91 Å². The summed E-state index contributed by atoms with van der Waals surface area (Å²) in [6.45, 7) is 7.19. The van der Waals surface area contributed by atoms with Gasteiger partial charge in [-0.05, 0) is 59.4 Å². The van der Waals surface area contributed by atoms with Gasteiger partial charge in [-0.15, -0.1) is 11.3 Å². The SMILES string of the molecule is COC(=O)[C@@H](C)C[C@H](Cc1ccccc1)NC(=O)c1csc([C@@H](C[C@H](C(C)C)N(C)C(=O)C2(NC(=O)OCC3c4ccccc4-c4ccccc43)CCCC2)OC(C)=O)n1. The highest BCUT2D eigenvalue weighted by Crippen LogP contribution is 2.44. The third-order valence-electron chi connectivity index (χ3n) is 11.8. The molecule has 0 unspecified atom stereocenters. The maximum absolute atomic E-state index is 14.6. The van der Waals surface area contributed by atoms with Gasteiger partial charge in [0.05, 0.1) is 13.0 Å². The second-order valence-electron chi connectivity index (χ2n) is 16.4. The summed E-state index contributed by atoms with van der Waals surface area (Å²) in [5.74, 6) is -2.20. The fraction of sp³-hybridized carbons (Fsp3) is 0.447. The number of likely N-dealkylation sites (N-methyl/N-ethyl adjacent to an activating group) is 1. The molecule has 2 aliphatic carbocycles. The van der Waals surface area contributed by atoms with Crippen molar-refractivity contribution in [2.24, 2.45) is 11.8 Å². The van der Waals surface area contributed by atoms with Crippen LogP contribution in [0.1, 0.15) is 110 Å². The van der Waals surface area contributed by atoms with E-state index in [4.69, 9.17) is 14.2 Å². The predicted molar refractivity (Wildman–Crippen MR) is 229 cm³/mol. The number of hydrogen-bond donors (Lipinski definition) is 2. The highest BCUT2D eigenvalue weighted by Gasteiger charge is 2.47. The van der Waals surface area contributed by atoms with Crippen molar-refractivity contribution in [1.29, 1.82) is 0 Å². The third kappa shape index (κ3) is 10.2. The number of carbonyl (C=O) groups excluding carboxylic acids is 5. The highest BCUT2D eigenvalue weighted by molar-refractivity contribution is 7.09. The van der Waals surface area contributed by atoms with Gasteiger partial charge in [0.15, 0.2) is 6.10 Å². The van der Waals surface area contributed by atoms with Gasteiger partial charge in [-0.3, -0.25) is 19.2 Å². The van der Waals surface area contributed by atoms with E-state index in [0.29, 0.717) is 30.7 Å². The van der Waals surface area contributed by atoms with Crippen molar-refractivity contribution < 1.29 is 38.2 Å². The Morgan fingerprint density at radius 2 is 1.50 bits per heavy atom. The second kappa shape index (κ2) is 19.7. The molecule has 6 rings (SSSR count). The van der Waals surface area contributed by atoms with Crippen LogP contribution >= 0.6 is 11.3 Å². The lowest BCUT2D eigenvalue weighted by Crippen LogP contribution is -2.60. The number of hydrogen-bond acceptors (Lipinski definition) is 10. The molecule has 0 radical (unpaired) electrons. The summed E-state index contributed by atoms with van der Waals surface area (Å²) >= 11 is 1.20. The molecule has 0 bridgehead atoms. The average Bonchev–Trinajstić information content (AvgIpc) is 4.00. The van der Waals surface area contributed by atoms with Crippen molar-refractivity contribution in [2.75, 3.05) is 20.8 Å². The minimum atomic E-state index is -1.16. The van der Waals surface area contributed by atoms with Gasteiger partial charge in [0.25, 0.3) is 5.91 Å². The first-order valence-corrected chi connectivity index (χ1v) is 21.6. The van der Waals surface area contributed by atoms with E-state index >= 15 is 0 Å². The van der Waals surface area contributed by atoms with E-state index < -0.39 is 47.6 Å². The molecule has 13 heteroatoms. The molecule has 1 saturated carbocycles. The summed E-state index contributed by atoms with van der Waals surface area (Å²) in [5, 5.41) is 8.09. The average molecular weight is 837 g/mol. The zero-order chi connectivity index (χ0) is 43.0. The van der Waals surface area contributed by atoms with Crippen LogP contribution in [0.15, 0.2) is 84.2 Å². The van der Waals surface area contributed by atoms with E-state index in [-0.39, 0.29) is 42.4 Å². The molecule has 4 atom stereocenters. The number of alkyl carbamates (subject to hydrolysis) is 1. The Morgan fingerprint density at radius 3 is 2.10 bits per heavy atom. The monoisotopic (exact) mass is 836 g/mol. The minimum absolute atomic E-state index is 0.0804. The Kier molecular flexibility index (Phi) is 14.4. The van der Waals surface area contributed by atoms with E-state index in [2.05, 4.69) is 39.9 Å². The maximum Gasteiger partial charge on any atom is 0.408 e. The first kappa shape index (κ1) is 44.0. The van der Waals surface area contributed by atoms with Gasteiger partial charge >= 0.3 is 18.0 Å². The molecule has 60 heavy (non-hydrogen) atoms. The van der Waals surface area contributed by atoms with E-state index in [1.165, 1.54) is 25.4 Å². The zero-order valence-corrected chi connectivity index (χ0v) is 36.1. The fourth-order valence-corrected chi connectivity index (χ4v) is 9.64. The first-order valence-electron chi connectivity index (χ1n) is 20.8. The number of ether oxygens (including phenoxy) is 3. The van der Waals surface area contributed by atoms with Gasteiger partial charge in [-0.25, -0.2) is 9.78 Å². The van der Waals surface area contributed by atoms with Crippen molar-refractivity contribution in [3.8, 4) is 11.1 Å². The van der Waals surface area contributed by atoms with Crippen LogP contribution in [0, 0.1) is 11.8 Å². The van der Waals surface area contributed by atoms with Crippen molar-refractivity contribution in [3.05, 3.63) is 112 Å². The number of rotatable bonds is 17. The zero-order valence-electron chi connectivity index (χ0n) is 35.3. The molecule has 1 aromatic heterocycles. The third-order valence-corrected chi connectivity index (χ3v) is 12.8. The molecule has 3 amide bonds. The van der Waals surface area contributed by atoms with Crippen LogP contribution in [0.2, 0.25) is 0 Å². The van der Waals surface area contributed by atoms with Crippen LogP contribution in [0.5, 0.6) is 0 Å². The molecule has 318 valence electrons. The van der Waals surface area contributed by atoms with Crippen LogP contribution < -0.4 is 10.6 Å². The van der Waals surface area contributed by atoms with Crippen molar-refractivity contribution >= 4 is 41.2 Å². The minimum Gasteiger partial charge on any atom is -0.469 e. The van der Waals surface area contributed by atoms with Gasteiger partial charge in [0, 0.05) is 43.8 Å². The number of amides is 3. The maximum atomic E-state index is 14.6. The lowest BCUT2D eigenvalue weighted by Gasteiger charge is -2.39. The van der Waals surface area contributed by atoms with Crippen LogP contribution in [-0.4, -0.2) is 78.1 Å². The summed E-state index contributed by atoms with van der Waals surface area (Å²) in [6, 6.07) is 25.1. The van der Waals surface area contributed by atoms with E-state index in [1.807, 2.05) is 68.4 Å².